The molecule has 3 N–H and O–H groups in total. The van der Waals surface area contributed by atoms with Crippen molar-refractivity contribution in [3.8, 4) is 5.75 Å². The number of rotatable bonds is 5. The van der Waals surface area contributed by atoms with Gasteiger partial charge in [-0.15, -0.1) is 0 Å². The minimum atomic E-state index is -0.469. The summed E-state index contributed by atoms with van der Waals surface area (Å²) in [6.07, 6.45) is 2.92. The Labute approximate surface area is 188 Å². The van der Waals surface area contributed by atoms with Gasteiger partial charge in [-0.3, -0.25) is 25.8 Å². The molecule has 0 radical (unpaired) electrons. The van der Waals surface area contributed by atoms with Crippen LogP contribution >= 0.6 is 55.7 Å². The van der Waals surface area contributed by atoms with E-state index >= 15 is 0 Å². The van der Waals surface area contributed by atoms with Crippen LogP contribution in [0.15, 0.2) is 57.5 Å². The number of hydrogen-bond acceptors (Lipinski definition) is 4. The molecule has 0 aromatic heterocycles. The second-order valence-electron chi connectivity index (χ2n) is 5.24. The van der Waals surface area contributed by atoms with Crippen LogP contribution in [0.1, 0.15) is 5.56 Å². The van der Waals surface area contributed by atoms with E-state index in [0.29, 0.717) is 15.2 Å². The molecule has 28 heavy (non-hydrogen) atoms. The lowest BCUT2D eigenvalue weighted by atomic mass is 10.2. The quantitative estimate of drug-likeness (QED) is 0.300. The molecule has 2 aromatic rings. The van der Waals surface area contributed by atoms with Gasteiger partial charge in [-0.05, 0) is 70.1 Å². The summed E-state index contributed by atoms with van der Waals surface area (Å²) >= 11 is 17.4. The van der Waals surface area contributed by atoms with Crippen LogP contribution in [0.2, 0.25) is 5.02 Å². The monoisotopic (exact) mass is 545 g/mol. The van der Waals surface area contributed by atoms with Crippen molar-refractivity contribution in [1.29, 1.82) is 0 Å². The summed E-state index contributed by atoms with van der Waals surface area (Å²) < 4.78 is 6.98. The Hall–Kier alpha value is -1.94. The number of benzene rings is 2. The summed E-state index contributed by atoms with van der Waals surface area (Å²) in [5, 5.41) is 2.96. The van der Waals surface area contributed by atoms with Crippen LogP contribution in [0.25, 0.3) is 6.08 Å². The van der Waals surface area contributed by atoms with Gasteiger partial charge in [0.05, 0.1) is 4.47 Å². The molecule has 0 aliphatic carbocycles. The fourth-order valence-corrected chi connectivity index (χ4v) is 3.27. The van der Waals surface area contributed by atoms with Gasteiger partial charge in [0, 0.05) is 15.6 Å². The SMILES string of the molecule is O=C(/C=C/c1ccc(Cl)cc1)NC(=S)NNC(=O)COc1ccc(Br)cc1Br. The van der Waals surface area contributed by atoms with Gasteiger partial charge in [-0.2, -0.15) is 0 Å². The molecule has 2 rings (SSSR count). The lowest BCUT2D eigenvalue weighted by Crippen LogP contribution is -2.49. The molecule has 0 unspecified atom stereocenters. The zero-order valence-corrected chi connectivity index (χ0v) is 18.9. The Bertz CT molecular complexity index is 907. The zero-order valence-electron chi connectivity index (χ0n) is 14.2. The van der Waals surface area contributed by atoms with Crippen LogP contribution in [0.4, 0.5) is 0 Å². The number of hydrogen-bond donors (Lipinski definition) is 3. The van der Waals surface area contributed by atoms with E-state index in [4.69, 9.17) is 28.6 Å². The van der Waals surface area contributed by atoms with Crippen molar-refractivity contribution < 1.29 is 14.3 Å². The Morgan fingerprint density at radius 3 is 2.50 bits per heavy atom. The van der Waals surface area contributed by atoms with Crippen molar-refractivity contribution in [1.82, 2.24) is 16.2 Å². The first-order chi connectivity index (χ1) is 13.3. The summed E-state index contributed by atoms with van der Waals surface area (Å²) in [4.78, 5) is 23.6. The number of ether oxygens (including phenoxy) is 1. The van der Waals surface area contributed by atoms with Gasteiger partial charge in [-0.25, -0.2) is 0 Å². The highest BCUT2D eigenvalue weighted by molar-refractivity contribution is 9.11. The molecular formula is C18H14Br2ClN3O3S. The van der Waals surface area contributed by atoms with Gasteiger partial charge in [0.1, 0.15) is 5.75 Å². The Balaban J connectivity index is 1.71. The lowest BCUT2D eigenvalue weighted by molar-refractivity contribution is -0.123. The third-order valence-corrected chi connectivity index (χ3v) is 4.67. The number of nitrogens with one attached hydrogen (secondary N) is 3. The highest BCUT2D eigenvalue weighted by Gasteiger charge is 2.07. The summed E-state index contributed by atoms with van der Waals surface area (Å²) in [6, 6.07) is 12.3. The van der Waals surface area contributed by atoms with E-state index in [1.54, 1.807) is 48.5 Å². The van der Waals surface area contributed by atoms with Crippen LogP contribution in [-0.4, -0.2) is 23.5 Å². The second kappa shape index (κ2) is 11.2. The Morgan fingerprint density at radius 2 is 1.82 bits per heavy atom. The number of carbonyl (C=O) groups excluding carboxylic acids is 2. The van der Waals surface area contributed by atoms with Gasteiger partial charge in [0.15, 0.2) is 11.7 Å². The van der Waals surface area contributed by atoms with Gasteiger partial charge >= 0.3 is 0 Å². The molecule has 0 atom stereocenters. The summed E-state index contributed by atoms with van der Waals surface area (Å²) in [6.45, 7) is -0.236. The first kappa shape index (κ1) is 22.4. The first-order valence-corrected chi connectivity index (χ1v) is 10.1. The maximum absolute atomic E-state index is 11.8. The molecule has 0 heterocycles. The minimum absolute atomic E-state index is 0.0519. The highest BCUT2D eigenvalue weighted by Crippen LogP contribution is 2.28. The largest absolute Gasteiger partial charge is 0.483 e. The van der Waals surface area contributed by atoms with E-state index < -0.39 is 11.8 Å². The number of thiocarbonyl (C=S) groups is 1. The van der Waals surface area contributed by atoms with Crippen LogP contribution in [0.3, 0.4) is 0 Å². The van der Waals surface area contributed by atoms with E-state index in [9.17, 15) is 9.59 Å². The smallest absolute Gasteiger partial charge is 0.276 e. The van der Waals surface area contributed by atoms with Gasteiger partial charge in [-0.1, -0.05) is 39.7 Å². The first-order valence-electron chi connectivity index (χ1n) is 7.75. The van der Waals surface area contributed by atoms with E-state index in [-0.39, 0.29) is 11.7 Å². The van der Waals surface area contributed by atoms with E-state index in [0.717, 1.165) is 10.0 Å². The van der Waals surface area contributed by atoms with Crippen molar-refractivity contribution in [2.24, 2.45) is 0 Å². The zero-order chi connectivity index (χ0) is 20.5. The molecule has 6 nitrogen and oxygen atoms in total. The Kier molecular flexibility index (Phi) is 8.91. The van der Waals surface area contributed by atoms with E-state index in [1.165, 1.54) is 6.08 Å². The van der Waals surface area contributed by atoms with Crippen molar-refractivity contribution in [3.05, 3.63) is 68.1 Å². The van der Waals surface area contributed by atoms with Crippen LogP contribution in [-0.2, 0) is 9.59 Å². The summed E-state index contributed by atoms with van der Waals surface area (Å²) in [5.41, 5.74) is 5.57. The van der Waals surface area contributed by atoms with Gasteiger partial charge < -0.3 is 4.74 Å². The predicted octanol–water partition coefficient (Wildman–Crippen LogP) is 3.98. The normalized spacial score (nSPS) is 10.4. The lowest BCUT2D eigenvalue weighted by Gasteiger charge is -2.11. The van der Waals surface area contributed by atoms with Crippen LogP contribution in [0.5, 0.6) is 5.75 Å². The van der Waals surface area contributed by atoms with Crippen molar-refractivity contribution in [3.63, 3.8) is 0 Å². The maximum Gasteiger partial charge on any atom is 0.276 e. The number of carbonyl (C=O) groups is 2. The molecule has 0 bridgehead atoms. The molecule has 2 aromatic carbocycles. The van der Waals surface area contributed by atoms with E-state index in [1.807, 2.05) is 0 Å². The molecule has 10 heteroatoms. The van der Waals surface area contributed by atoms with Crippen molar-refractivity contribution in [2.75, 3.05) is 6.61 Å². The molecule has 0 aliphatic rings. The minimum Gasteiger partial charge on any atom is -0.483 e. The number of hydrazine groups is 1. The van der Waals surface area contributed by atoms with Crippen LogP contribution < -0.4 is 20.9 Å². The third kappa shape index (κ3) is 7.97. The van der Waals surface area contributed by atoms with Crippen molar-refractivity contribution in [2.45, 2.75) is 0 Å². The topological polar surface area (TPSA) is 79.5 Å². The molecule has 0 saturated carbocycles. The standard InChI is InChI=1S/C18H14Br2ClN3O3S/c19-12-4-7-15(14(20)9-12)27-10-17(26)23-24-18(28)22-16(25)8-3-11-1-5-13(21)6-2-11/h1-9H,10H2,(H,23,26)(H2,22,24,25,28)/b8-3+. The summed E-state index contributed by atoms with van der Waals surface area (Å²) in [7, 11) is 0. The average Bonchev–Trinajstić information content (AvgIpc) is 2.65. The second-order valence-corrected chi connectivity index (χ2v) is 7.85. The summed E-state index contributed by atoms with van der Waals surface area (Å²) in [5.74, 6) is -0.401. The predicted molar refractivity (Wildman–Crippen MR) is 120 cm³/mol. The molecule has 146 valence electrons. The van der Waals surface area contributed by atoms with Crippen LogP contribution in [0, 0.1) is 0 Å². The third-order valence-electron chi connectivity index (χ3n) is 3.10. The molecule has 0 spiro atoms. The average molecular weight is 548 g/mol. The van der Waals surface area contributed by atoms with E-state index in [2.05, 4.69) is 48.0 Å². The van der Waals surface area contributed by atoms with Gasteiger partial charge in [0.25, 0.3) is 5.91 Å². The maximum atomic E-state index is 11.8. The molecular weight excluding hydrogens is 534 g/mol. The molecule has 0 saturated heterocycles. The fourth-order valence-electron chi connectivity index (χ4n) is 1.83. The highest BCUT2D eigenvalue weighted by atomic mass is 79.9. The number of amides is 2. The molecule has 0 fully saturated rings. The van der Waals surface area contributed by atoms with Gasteiger partial charge in [0.2, 0.25) is 5.91 Å². The Morgan fingerprint density at radius 1 is 1.11 bits per heavy atom. The fraction of sp³-hybridized carbons (Fsp3) is 0.0556. The molecule has 0 aliphatic heterocycles. The van der Waals surface area contributed by atoms with Crippen molar-refractivity contribution >= 4 is 78.7 Å². The molecule has 2 amide bonds. The number of halogens is 3.